The van der Waals surface area contributed by atoms with Crippen molar-refractivity contribution in [3.8, 4) is 0 Å². The molecule has 0 radical (unpaired) electrons. The Labute approximate surface area is 141 Å². The van der Waals surface area contributed by atoms with Crippen LogP contribution >= 0.6 is 0 Å². The maximum atomic E-state index is 13.9. The van der Waals surface area contributed by atoms with Gasteiger partial charge in [0.25, 0.3) is 0 Å². The second kappa shape index (κ2) is 6.36. The highest BCUT2D eigenvalue weighted by molar-refractivity contribution is 5.96. The first-order valence-corrected chi connectivity index (χ1v) is 8.58. The van der Waals surface area contributed by atoms with Gasteiger partial charge in [0.15, 0.2) is 0 Å². The van der Waals surface area contributed by atoms with Crippen molar-refractivity contribution in [1.29, 1.82) is 0 Å². The Morgan fingerprint density at radius 1 is 1.12 bits per heavy atom. The molecule has 2 aliphatic rings. The summed E-state index contributed by atoms with van der Waals surface area (Å²) in [6, 6.07) is 15.3. The monoisotopic (exact) mass is 324 g/mol. The van der Waals surface area contributed by atoms with Gasteiger partial charge in [0.1, 0.15) is 5.82 Å². The van der Waals surface area contributed by atoms with E-state index in [1.807, 2.05) is 29.2 Å². The third kappa shape index (κ3) is 3.06. The van der Waals surface area contributed by atoms with Crippen LogP contribution in [0, 0.1) is 5.82 Å². The largest absolute Gasteiger partial charge is 0.311 e. The number of hydrogen-bond donors (Lipinski definition) is 0. The quantitative estimate of drug-likeness (QED) is 0.842. The van der Waals surface area contributed by atoms with E-state index in [1.54, 1.807) is 12.1 Å². The van der Waals surface area contributed by atoms with Crippen molar-refractivity contribution in [2.24, 2.45) is 0 Å². The predicted molar refractivity (Wildman–Crippen MR) is 92.3 cm³/mol. The first-order valence-electron chi connectivity index (χ1n) is 8.58. The molecule has 0 aromatic heterocycles. The van der Waals surface area contributed by atoms with Crippen molar-refractivity contribution in [1.82, 2.24) is 4.90 Å². The number of carbonyl (C=O) groups is 1. The number of fused-ring (bicyclic) bond motifs is 1. The lowest BCUT2D eigenvalue weighted by Gasteiger charge is -2.25. The summed E-state index contributed by atoms with van der Waals surface area (Å²) < 4.78 is 13.9. The van der Waals surface area contributed by atoms with Gasteiger partial charge < -0.3 is 4.90 Å². The molecule has 0 spiro atoms. The number of carbonyl (C=O) groups excluding carboxylic acids is 1. The summed E-state index contributed by atoms with van der Waals surface area (Å²) in [7, 11) is 0. The van der Waals surface area contributed by atoms with E-state index in [0.29, 0.717) is 24.7 Å². The predicted octanol–water partition coefficient (Wildman–Crippen LogP) is 3.38. The summed E-state index contributed by atoms with van der Waals surface area (Å²) in [4.78, 5) is 16.8. The van der Waals surface area contributed by atoms with Crippen LogP contribution < -0.4 is 4.90 Å². The Morgan fingerprint density at radius 2 is 1.88 bits per heavy atom. The number of anilines is 1. The van der Waals surface area contributed by atoms with Crippen molar-refractivity contribution in [3.63, 3.8) is 0 Å². The van der Waals surface area contributed by atoms with Crippen molar-refractivity contribution >= 4 is 11.6 Å². The van der Waals surface area contributed by atoms with Crippen LogP contribution in [0.3, 0.4) is 0 Å². The van der Waals surface area contributed by atoms with Gasteiger partial charge in [0.05, 0.1) is 6.54 Å². The Kier molecular flexibility index (Phi) is 4.07. The number of para-hydroxylation sites is 1. The van der Waals surface area contributed by atoms with Crippen LogP contribution in [-0.2, 0) is 17.8 Å². The average Bonchev–Trinajstić information content (AvgIpc) is 3.35. The van der Waals surface area contributed by atoms with Gasteiger partial charge in [-0.15, -0.1) is 0 Å². The lowest BCUT2D eigenvalue weighted by Crippen LogP contribution is -2.40. The highest BCUT2D eigenvalue weighted by Gasteiger charge is 2.33. The first-order chi connectivity index (χ1) is 11.7. The van der Waals surface area contributed by atoms with E-state index in [4.69, 9.17) is 0 Å². The highest BCUT2D eigenvalue weighted by atomic mass is 19.1. The molecule has 24 heavy (non-hydrogen) atoms. The topological polar surface area (TPSA) is 23.6 Å². The van der Waals surface area contributed by atoms with E-state index in [9.17, 15) is 9.18 Å². The summed E-state index contributed by atoms with van der Waals surface area (Å²) in [5.41, 5.74) is 2.93. The van der Waals surface area contributed by atoms with E-state index >= 15 is 0 Å². The molecule has 4 heteroatoms. The lowest BCUT2D eigenvalue weighted by molar-refractivity contribution is -0.119. The first kappa shape index (κ1) is 15.3. The minimum Gasteiger partial charge on any atom is -0.311 e. The van der Waals surface area contributed by atoms with E-state index < -0.39 is 0 Å². The minimum absolute atomic E-state index is 0.114. The average molecular weight is 324 g/mol. The second-order valence-corrected chi connectivity index (χ2v) is 6.65. The Balaban J connectivity index is 1.48. The molecular formula is C20H21FN2O. The molecular weight excluding hydrogens is 303 g/mol. The third-order valence-corrected chi connectivity index (χ3v) is 4.92. The zero-order valence-electron chi connectivity index (χ0n) is 13.6. The van der Waals surface area contributed by atoms with Gasteiger partial charge in [-0.1, -0.05) is 36.4 Å². The summed E-state index contributed by atoms with van der Waals surface area (Å²) in [6.07, 6.45) is 3.11. The van der Waals surface area contributed by atoms with Gasteiger partial charge in [-0.05, 0) is 37.0 Å². The molecule has 1 saturated carbocycles. The number of halogens is 1. The fourth-order valence-electron chi connectivity index (χ4n) is 3.46. The van der Waals surface area contributed by atoms with E-state index in [2.05, 4.69) is 11.0 Å². The smallest absolute Gasteiger partial charge is 0.241 e. The SMILES string of the molecule is O=C(CN(Cc1ccccc1F)C1CC1)N1CCc2ccccc21. The van der Waals surface area contributed by atoms with Gasteiger partial charge in [-0.25, -0.2) is 4.39 Å². The minimum atomic E-state index is -0.192. The van der Waals surface area contributed by atoms with Crippen molar-refractivity contribution in [2.75, 3.05) is 18.0 Å². The normalized spacial score (nSPS) is 16.5. The number of hydrogen-bond acceptors (Lipinski definition) is 2. The molecule has 0 atom stereocenters. The van der Waals surface area contributed by atoms with Gasteiger partial charge in [0.2, 0.25) is 5.91 Å². The number of amides is 1. The van der Waals surface area contributed by atoms with Gasteiger partial charge in [0, 0.05) is 30.4 Å². The second-order valence-electron chi connectivity index (χ2n) is 6.65. The Morgan fingerprint density at radius 3 is 2.67 bits per heavy atom. The molecule has 2 aromatic carbocycles. The molecule has 0 bridgehead atoms. The van der Waals surface area contributed by atoms with Crippen LogP contribution in [0.5, 0.6) is 0 Å². The van der Waals surface area contributed by atoms with Crippen LogP contribution in [-0.4, -0.2) is 29.9 Å². The maximum absolute atomic E-state index is 13.9. The molecule has 0 saturated heterocycles. The maximum Gasteiger partial charge on any atom is 0.241 e. The molecule has 2 aromatic rings. The van der Waals surface area contributed by atoms with Crippen LogP contribution in [0.4, 0.5) is 10.1 Å². The molecule has 3 nitrogen and oxygen atoms in total. The number of nitrogens with zero attached hydrogens (tertiary/aromatic N) is 2. The highest BCUT2D eigenvalue weighted by Crippen LogP contribution is 2.31. The van der Waals surface area contributed by atoms with E-state index in [1.165, 1.54) is 11.6 Å². The molecule has 0 N–H and O–H groups in total. The summed E-state index contributed by atoms with van der Waals surface area (Å²) in [6.45, 7) is 1.60. The molecule has 4 rings (SSSR count). The van der Waals surface area contributed by atoms with Crippen LogP contribution in [0.25, 0.3) is 0 Å². The number of rotatable bonds is 5. The zero-order chi connectivity index (χ0) is 16.5. The van der Waals surface area contributed by atoms with Crippen molar-refractivity contribution in [3.05, 3.63) is 65.5 Å². The summed E-state index contributed by atoms with van der Waals surface area (Å²) in [5, 5.41) is 0. The van der Waals surface area contributed by atoms with Gasteiger partial charge >= 0.3 is 0 Å². The molecule has 0 unspecified atom stereocenters. The Hall–Kier alpha value is -2.20. The van der Waals surface area contributed by atoms with Crippen LogP contribution in [0.1, 0.15) is 24.0 Å². The lowest BCUT2D eigenvalue weighted by atomic mass is 10.2. The number of benzene rings is 2. The fraction of sp³-hybridized carbons (Fsp3) is 0.350. The van der Waals surface area contributed by atoms with Crippen molar-refractivity contribution in [2.45, 2.75) is 31.8 Å². The molecule has 124 valence electrons. The fourth-order valence-corrected chi connectivity index (χ4v) is 3.46. The van der Waals surface area contributed by atoms with Crippen LogP contribution in [0.2, 0.25) is 0 Å². The molecule has 1 aliphatic carbocycles. The Bertz CT molecular complexity index is 757. The molecule has 1 fully saturated rings. The van der Waals surface area contributed by atoms with E-state index in [0.717, 1.165) is 31.5 Å². The third-order valence-electron chi connectivity index (χ3n) is 4.92. The molecule has 1 amide bonds. The zero-order valence-corrected chi connectivity index (χ0v) is 13.6. The van der Waals surface area contributed by atoms with Crippen LogP contribution in [0.15, 0.2) is 48.5 Å². The summed E-state index contributed by atoms with van der Waals surface area (Å²) >= 11 is 0. The molecule has 1 heterocycles. The molecule has 1 aliphatic heterocycles. The summed E-state index contributed by atoms with van der Waals surface area (Å²) in [5.74, 6) is -0.0784. The standard InChI is InChI=1S/C20H21FN2O/c21-18-7-3-1-6-16(18)13-22(17-9-10-17)14-20(24)23-12-11-15-5-2-4-8-19(15)23/h1-8,17H,9-14H2. The van der Waals surface area contributed by atoms with Gasteiger partial charge in [-0.3, -0.25) is 9.69 Å². The van der Waals surface area contributed by atoms with Crippen molar-refractivity contribution < 1.29 is 9.18 Å². The van der Waals surface area contributed by atoms with E-state index in [-0.39, 0.29) is 11.7 Å². The van der Waals surface area contributed by atoms with Gasteiger partial charge in [-0.2, -0.15) is 0 Å².